The highest BCUT2D eigenvalue weighted by atomic mass is 32.2. The maximum atomic E-state index is 12.0. The minimum Gasteiger partial charge on any atom is -0.477 e. The molecule has 17 heavy (non-hydrogen) atoms. The fourth-order valence-electron chi connectivity index (χ4n) is 2.33. The molecule has 7 heteroatoms. The number of β-lactam (4-membered cyclic amide) rings is 1. The van der Waals surface area contributed by atoms with Gasteiger partial charge in [0, 0.05) is 18.7 Å². The summed E-state index contributed by atoms with van der Waals surface area (Å²) in [4.78, 5) is 24.4. The first kappa shape index (κ1) is 10.6. The average Bonchev–Trinajstić information content (AvgIpc) is 2.80. The van der Waals surface area contributed by atoms with Crippen LogP contribution in [-0.2, 0) is 9.59 Å². The fraction of sp³-hybridized carbons (Fsp3) is 0.500. The van der Waals surface area contributed by atoms with E-state index >= 15 is 0 Å². The van der Waals surface area contributed by atoms with E-state index < -0.39 is 5.97 Å². The van der Waals surface area contributed by atoms with Gasteiger partial charge in [0.25, 0.3) is 0 Å². The van der Waals surface area contributed by atoms with Crippen LogP contribution < -0.4 is 5.43 Å². The molecule has 3 aliphatic rings. The number of carboxylic acids is 1. The molecule has 0 aromatic carbocycles. The van der Waals surface area contributed by atoms with Crippen molar-refractivity contribution in [1.82, 2.24) is 10.3 Å². The van der Waals surface area contributed by atoms with E-state index in [1.807, 2.05) is 0 Å². The maximum absolute atomic E-state index is 12.0. The molecule has 1 amide bonds. The van der Waals surface area contributed by atoms with E-state index in [9.17, 15) is 9.59 Å². The van der Waals surface area contributed by atoms with Crippen LogP contribution in [0.25, 0.3) is 0 Å². The van der Waals surface area contributed by atoms with Gasteiger partial charge in [-0.3, -0.25) is 9.69 Å². The van der Waals surface area contributed by atoms with Crippen LogP contribution in [0.2, 0.25) is 0 Å². The molecule has 3 aliphatic heterocycles. The Morgan fingerprint density at radius 2 is 2.47 bits per heavy atom. The summed E-state index contributed by atoms with van der Waals surface area (Å²) in [7, 11) is 0. The standard InChI is InChI=1S/C10H11N3O3S/c14-8-7(5-1-3-11-12-5)9-13(8)6(10(15)16)2-4-17-9/h2,7,9,11H,1,3-4H2,(H,15,16)/t7?,9-/m0/s1. The number of carbonyl (C=O) groups excluding carboxylic acids is 1. The van der Waals surface area contributed by atoms with Gasteiger partial charge in [-0.05, 0) is 6.08 Å². The van der Waals surface area contributed by atoms with Crippen LogP contribution in [0, 0.1) is 5.92 Å². The van der Waals surface area contributed by atoms with Crippen molar-refractivity contribution < 1.29 is 14.7 Å². The maximum Gasteiger partial charge on any atom is 0.352 e. The third kappa shape index (κ3) is 1.45. The van der Waals surface area contributed by atoms with Crippen LogP contribution in [0.4, 0.5) is 0 Å². The molecule has 1 fully saturated rings. The monoisotopic (exact) mass is 253 g/mol. The molecule has 0 saturated carbocycles. The van der Waals surface area contributed by atoms with Crippen LogP contribution in [0.1, 0.15) is 6.42 Å². The van der Waals surface area contributed by atoms with Crippen molar-refractivity contribution in [3.05, 3.63) is 11.8 Å². The predicted octanol–water partition coefficient (Wildman–Crippen LogP) is -0.165. The van der Waals surface area contributed by atoms with E-state index in [-0.39, 0.29) is 22.9 Å². The number of nitrogens with zero attached hydrogens (tertiary/aromatic N) is 2. The smallest absolute Gasteiger partial charge is 0.352 e. The number of hydrazone groups is 1. The van der Waals surface area contributed by atoms with Gasteiger partial charge in [0.1, 0.15) is 17.0 Å². The minimum absolute atomic E-state index is 0.0859. The van der Waals surface area contributed by atoms with Crippen molar-refractivity contribution in [2.24, 2.45) is 11.0 Å². The summed E-state index contributed by atoms with van der Waals surface area (Å²) < 4.78 is 0. The topological polar surface area (TPSA) is 82.0 Å². The van der Waals surface area contributed by atoms with E-state index in [0.717, 1.165) is 18.7 Å². The lowest BCUT2D eigenvalue weighted by molar-refractivity contribution is -0.149. The molecule has 1 saturated heterocycles. The molecule has 90 valence electrons. The number of fused-ring (bicyclic) bond motifs is 1. The molecule has 3 heterocycles. The number of amides is 1. The van der Waals surface area contributed by atoms with Crippen molar-refractivity contribution in [1.29, 1.82) is 0 Å². The molecule has 0 aromatic heterocycles. The van der Waals surface area contributed by atoms with E-state index in [4.69, 9.17) is 5.11 Å². The van der Waals surface area contributed by atoms with Gasteiger partial charge >= 0.3 is 5.97 Å². The number of nitrogens with one attached hydrogen (secondary N) is 1. The van der Waals surface area contributed by atoms with E-state index in [1.165, 1.54) is 4.90 Å². The predicted molar refractivity (Wildman–Crippen MR) is 62.4 cm³/mol. The third-order valence-corrected chi connectivity index (χ3v) is 4.32. The molecule has 0 radical (unpaired) electrons. The molecule has 6 nitrogen and oxygen atoms in total. The first-order valence-corrected chi connectivity index (χ1v) is 6.42. The summed E-state index contributed by atoms with van der Waals surface area (Å²) in [6, 6.07) is 0. The van der Waals surface area contributed by atoms with E-state index in [0.29, 0.717) is 5.75 Å². The molecule has 2 atom stereocenters. The summed E-state index contributed by atoms with van der Waals surface area (Å²) >= 11 is 1.59. The lowest BCUT2D eigenvalue weighted by atomic mass is 9.90. The van der Waals surface area contributed by atoms with Crippen LogP contribution in [-0.4, -0.2) is 45.3 Å². The Labute approximate surface area is 102 Å². The summed E-state index contributed by atoms with van der Waals surface area (Å²) in [5.41, 5.74) is 3.82. The number of thioether (sulfide) groups is 1. The lowest BCUT2D eigenvalue weighted by Crippen LogP contribution is -2.63. The Kier molecular flexibility index (Phi) is 2.36. The zero-order chi connectivity index (χ0) is 12.0. The molecule has 1 unspecified atom stereocenters. The van der Waals surface area contributed by atoms with Crippen molar-refractivity contribution in [3.8, 4) is 0 Å². The second kappa shape index (κ2) is 3.76. The Balaban J connectivity index is 1.85. The lowest BCUT2D eigenvalue weighted by Gasteiger charge is -2.48. The summed E-state index contributed by atoms with van der Waals surface area (Å²) in [5, 5.41) is 13.0. The second-order valence-corrected chi connectivity index (χ2v) is 5.22. The number of hydrogen-bond acceptors (Lipinski definition) is 5. The first-order chi connectivity index (χ1) is 8.20. The van der Waals surface area contributed by atoms with Crippen molar-refractivity contribution in [3.63, 3.8) is 0 Å². The largest absolute Gasteiger partial charge is 0.477 e. The number of carbonyl (C=O) groups is 2. The number of rotatable bonds is 2. The van der Waals surface area contributed by atoms with Gasteiger partial charge in [-0.1, -0.05) is 0 Å². The Bertz CT molecular complexity index is 460. The normalized spacial score (nSPS) is 31.1. The summed E-state index contributed by atoms with van der Waals surface area (Å²) in [6.45, 7) is 0.762. The van der Waals surface area contributed by atoms with Crippen molar-refractivity contribution in [2.45, 2.75) is 11.8 Å². The van der Waals surface area contributed by atoms with Gasteiger partial charge in [0.2, 0.25) is 5.91 Å². The highest BCUT2D eigenvalue weighted by Crippen LogP contribution is 2.42. The fourth-order valence-corrected chi connectivity index (χ4v) is 3.62. The minimum atomic E-state index is -1.03. The molecule has 3 rings (SSSR count). The number of hydrogen-bond donors (Lipinski definition) is 2. The van der Waals surface area contributed by atoms with Gasteiger partial charge in [-0.25, -0.2) is 4.79 Å². The zero-order valence-electron chi connectivity index (χ0n) is 8.92. The average molecular weight is 253 g/mol. The second-order valence-electron chi connectivity index (χ2n) is 4.07. The molecule has 2 N–H and O–H groups in total. The van der Waals surface area contributed by atoms with Crippen LogP contribution in [0.3, 0.4) is 0 Å². The highest BCUT2D eigenvalue weighted by Gasteiger charge is 2.54. The van der Waals surface area contributed by atoms with Crippen LogP contribution in [0.5, 0.6) is 0 Å². The molecule has 0 aliphatic carbocycles. The van der Waals surface area contributed by atoms with Gasteiger partial charge in [-0.15, -0.1) is 11.8 Å². The molecule has 0 spiro atoms. The first-order valence-electron chi connectivity index (χ1n) is 5.37. The van der Waals surface area contributed by atoms with Crippen LogP contribution in [0.15, 0.2) is 16.9 Å². The van der Waals surface area contributed by atoms with Crippen LogP contribution >= 0.6 is 11.8 Å². The van der Waals surface area contributed by atoms with E-state index in [1.54, 1.807) is 17.8 Å². The van der Waals surface area contributed by atoms with Gasteiger partial charge in [0.15, 0.2) is 0 Å². The Morgan fingerprint density at radius 1 is 1.65 bits per heavy atom. The third-order valence-electron chi connectivity index (χ3n) is 3.14. The van der Waals surface area contributed by atoms with Crippen molar-refractivity contribution >= 4 is 29.4 Å². The van der Waals surface area contributed by atoms with Crippen molar-refractivity contribution in [2.75, 3.05) is 12.3 Å². The van der Waals surface area contributed by atoms with Gasteiger partial charge in [-0.2, -0.15) is 5.10 Å². The van der Waals surface area contributed by atoms with Gasteiger partial charge < -0.3 is 10.5 Å². The molecular formula is C10H11N3O3S. The number of aliphatic carboxylic acids is 1. The highest BCUT2D eigenvalue weighted by molar-refractivity contribution is 8.00. The Morgan fingerprint density at radius 3 is 3.12 bits per heavy atom. The SMILES string of the molecule is O=C(O)C1=CCS[C@H]2C(C3=NNCC3)C(=O)N12. The quantitative estimate of drug-likeness (QED) is 0.668. The number of carboxylic acid groups (broad SMARTS) is 1. The molecule has 0 bridgehead atoms. The molecule has 0 aromatic rings. The summed E-state index contributed by atoms with van der Waals surface area (Å²) in [5.74, 6) is -0.780. The Hall–Kier alpha value is -1.50. The van der Waals surface area contributed by atoms with Gasteiger partial charge in [0.05, 0.1) is 5.71 Å². The molecular weight excluding hydrogens is 242 g/mol. The zero-order valence-corrected chi connectivity index (χ0v) is 9.74. The van der Waals surface area contributed by atoms with E-state index in [2.05, 4.69) is 10.5 Å². The summed E-state index contributed by atoms with van der Waals surface area (Å²) in [6.07, 6.45) is 2.36.